The van der Waals surface area contributed by atoms with Gasteiger partial charge in [-0.3, -0.25) is 4.57 Å². The van der Waals surface area contributed by atoms with E-state index in [4.69, 9.17) is 9.97 Å². The molecule has 11 aromatic rings. The van der Waals surface area contributed by atoms with E-state index in [-0.39, 0.29) is 11.5 Å². The van der Waals surface area contributed by atoms with Crippen molar-refractivity contribution in [3.8, 4) is 50.6 Å². The van der Waals surface area contributed by atoms with E-state index in [1.807, 2.05) is 6.07 Å². The van der Waals surface area contributed by atoms with Crippen molar-refractivity contribution in [1.29, 1.82) is 0 Å². The van der Waals surface area contributed by atoms with Crippen molar-refractivity contribution in [2.45, 2.75) is 25.3 Å². The van der Waals surface area contributed by atoms with E-state index in [0.29, 0.717) is 5.95 Å². The van der Waals surface area contributed by atoms with E-state index in [1.54, 1.807) is 0 Å². The number of aromatic nitrogens is 3. The Morgan fingerprint density at radius 3 is 2.06 bits per heavy atom. The zero-order valence-corrected chi connectivity index (χ0v) is 35.9. The molecule has 0 radical (unpaired) electrons. The van der Waals surface area contributed by atoms with Gasteiger partial charge in [-0.25, -0.2) is 9.97 Å². The van der Waals surface area contributed by atoms with Gasteiger partial charge in [0, 0.05) is 55.1 Å². The molecule has 0 saturated heterocycles. The Morgan fingerprint density at radius 1 is 0.477 bits per heavy atom. The Kier molecular flexibility index (Phi) is 7.45. The van der Waals surface area contributed by atoms with Crippen LogP contribution in [-0.4, -0.2) is 14.5 Å². The third kappa shape index (κ3) is 5.09. The van der Waals surface area contributed by atoms with Crippen LogP contribution in [0.15, 0.2) is 200 Å². The Bertz CT molecular complexity index is 3800. The topological polar surface area (TPSA) is 46.0 Å². The van der Waals surface area contributed by atoms with Crippen molar-refractivity contribution in [2.24, 2.45) is 0 Å². The first kappa shape index (κ1) is 36.2. The second kappa shape index (κ2) is 13.4. The minimum atomic E-state index is -0.115. The Morgan fingerprint density at radius 2 is 1.15 bits per heavy atom. The van der Waals surface area contributed by atoms with Gasteiger partial charge in [-0.1, -0.05) is 159 Å². The lowest BCUT2D eigenvalue weighted by molar-refractivity contribution is 0.660. The summed E-state index contributed by atoms with van der Waals surface area (Å²) < 4.78 is 2.23. The summed E-state index contributed by atoms with van der Waals surface area (Å²) in [6.07, 6.45) is 0. The summed E-state index contributed by atoms with van der Waals surface area (Å²) in [7, 11) is 0. The lowest BCUT2D eigenvalue weighted by Gasteiger charge is -2.42. The van der Waals surface area contributed by atoms with Crippen molar-refractivity contribution in [1.82, 2.24) is 14.5 Å². The molecule has 5 nitrogen and oxygen atoms in total. The van der Waals surface area contributed by atoms with Crippen LogP contribution >= 0.6 is 0 Å². The normalized spacial score (nSPS) is 15.0. The van der Waals surface area contributed by atoms with Gasteiger partial charge in [0.05, 0.1) is 45.3 Å². The molecule has 1 atom stereocenters. The number of hydrogen-bond donors (Lipinski definition) is 1. The van der Waals surface area contributed by atoms with E-state index >= 15 is 0 Å². The molecule has 0 bridgehead atoms. The predicted molar refractivity (Wildman–Crippen MR) is 268 cm³/mol. The molecule has 0 fully saturated rings. The monoisotopic (exact) mass is 831 g/mol. The van der Waals surface area contributed by atoms with Gasteiger partial charge in [0.15, 0.2) is 0 Å². The molecule has 1 N–H and O–H groups in total. The molecule has 0 amide bonds. The molecule has 9 aromatic carbocycles. The molecule has 0 saturated carbocycles. The molecular formula is C60H41N5. The van der Waals surface area contributed by atoms with Crippen LogP contribution in [0.2, 0.25) is 0 Å². The fraction of sp³-hybridized carbons (Fsp3) is 0.0667. The predicted octanol–water partition coefficient (Wildman–Crippen LogP) is 15.3. The molecule has 1 aliphatic carbocycles. The highest BCUT2D eigenvalue weighted by molar-refractivity contribution is 6.11. The van der Waals surface area contributed by atoms with Crippen LogP contribution in [0.4, 0.5) is 22.7 Å². The zero-order chi connectivity index (χ0) is 43.0. The van der Waals surface area contributed by atoms with Crippen molar-refractivity contribution in [3.63, 3.8) is 0 Å². The van der Waals surface area contributed by atoms with E-state index in [0.717, 1.165) is 55.2 Å². The summed E-state index contributed by atoms with van der Waals surface area (Å²) in [6, 6.07) is 72.8. The smallest absolute Gasteiger partial charge is 0.235 e. The Balaban J connectivity index is 0.971. The molecule has 306 valence electrons. The number of hydrogen-bond acceptors (Lipinski definition) is 4. The van der Waals surface area contributed by atoms with Gasteiger partial charge >= 0.3 is 0 Å². The summed E-state index contributed by atoms with van der Waals surface area (Å²) in [6.45, 7) is 4.73. The van der Waals surface area contributed by atoms with Crippen LogP contribution < -0.4 is 10.2 Å². The standard InChI is InChI=1S/C60H41N5/c1-60(2)46-23-10-6-20-42(46)55-47(60)24-15-29-53(55)64-52-33-31-38(35-45(52)58-56-41(22-14-28-54(56)64)39-18-7-11-25-48(39)61-58)37-30-32-51-44(34-37)40-19-9-13-27-50(40)65(51)59-62-49-26-12-8-21-43(49)57(63-59)36-16-4-3-5-17-36/h3-35,58,61H,1-2H3. The molecule has 3 aliphatic rings. The fourth-order valence-electron chi connectivity index (χ4n) is 11.4. The summed E-state index contributed by atoms with van der Waals surface area (Å²) in [5.74, 6) is 0.659. The van der Waals surface area contributed by atoms with E-state index in [9.17, 15) is 0 Å². The third-order valence-corrected chi connectivity index (χ3v) is 14.4. The number of nitrogens with zero attached hydrogens (tertiary/aromatic N) is 4. The van der Waals surface area contributed by atoms with Gasteiger partial charge in [0.25, 0.3) is 0 Å². The summed E-state index contributed by atoms with van der Waals surface area (Å²) in [5, 5.41) is 7.40. The first-order chi connectivity index (χ1) is 32.0. The largest absolute Gasteiger partial charge is 0.373 e. The highest BCUT2D eigenvalue weighted by Crippen LogP contribution is 2.59. The molecular weight excluding hydrogens is 791 g/mol. The average molecular weight is 832 g/mol. The first-order valence-corrected chi connectivity index (χ1v) is 22.5. The number of rotatable bonds is 4. The molecule has 65 heavy (non-hydrogen) atoms. The van der Waals surface area contributed by atoms with Crippen molar-refractivity contribution < 1.29 is 0 Å². The lowest BCUT2D eigenvalue weighted by Crippen LogP contribution is -2.28. The zero-order valence-electron chi connectivity index (χ0n) is 35.9. The van der Waals surface area contributed by atoms with Crippen molar-refractivity contribution >= 4 is 55.5 Å². The van der Waals surface area contributed by atoms with Crippen molar-refractivity contribution in [3.05, 3.63) is 222 Å². The van der Waals surface area contributed by atoms with Crippen molar-refractivity contribution in [2.75, 3.05) is 10.2 Å². The van der Waals surface area contributed by atoms with E-state index in [2.05, 4.69) is 223 Å². The minimum Gasteiger partial charge on any atom is -0.373 e. The van der Waals surface area contributed by atoms with Gasteiger partial charge in [-0.2, -0.15) is 0 Å². The molecule has 5 heteroatoms. The van der Waals surface area contributed by atoms with E-state index in [1.165, 1.54) is 67.1 Å². The fourth-order valence-corrected chi connectivity index (χ4v) is 11.4. The molecule has 4 heterocycles. The maximum absolute atomic E-state index is 5.32. The Labute approximate surface area is 376 Å². The number of para-hydroxylation sites is 3. The number of anilines is 4. The quantitative estimate of drug-likeness (QED) is 0.192. The first-order valence-electron chi connectivity index (χ1n) is 22.5. The van der Waals surface area contributed by atoms with Crippen LogP contribution in [0.25, 0.3) is 83.3 Å². The maximum atomic E-state index is 5.32. The minimum absolute atomic E-state index is 0.0442. The average Bonchev–Trinajstić information content (AvgIpc) is 3.82. The van der Waals surface area contributed by atoms with Crippen LogP contribution in [0.5, 0.6) is 0 Å². The van der Waals surface area contributed by atoms with Crippen LogP contribution in [0.1, 0.15) is 42.1 Å². The van der Waals surface area contributed by atoms with Gasteiger partial charge < -0.3 is 10.2 Å². The second-order valence-electron chi connectivity index (χ2n) is 18.2. The highest BCUT2D eigenvalue weighted by Gasteiger charge is 2.41. The second-order valence-corrected chi connectivity index (χ2v) is 18.2. The number of benzene rings is 9. The molecule has 14 rings (SSSR count). The number of nitrogens with one attached hydrogen (secondary N) is 1. The summed E-state index contributed by atoms with van der Waals surface area (Å²) in [4.78, 5) is 13.1. The van der Waals surface area contributed by atoms with Gasteiger partial charge in [-0.05, 0) is 88.0 Å². The summed E-state index contributed by atoms with van der Waals surface area (Å²) in [5.41, 5.74) is 22.5. The highest BCUT2D eigenvalue weighted by atomic mass is 15.2. The third-order valence-electron chi connectivity index (χ3n) is 14.4. The molecule has 2 aliphatic heterocycles. The lowest BCUT2D eigenvalue weighted by atomic mass is 9.80. The summed E-state index contributed by atoms with van der Waals surface area (Å²) >= 11 is 0. The van der Waals surface area contributed by atoms with Crippen LogP contribution in [-0.2, 0) is 5.41 Å². The van der Waals surface area contributed by atoms with E-state index < -0.39 is 0 Å². The van der Waals surface area contributed by atoms with Crippen LogP contribution in [0, 0.1) is 0 Å². The Hall–Kier alpha value is -8.28. The van der Waals surface area contributed by atoms with Gasteiger partial charge in [0.1, 0.15) is 0 Å². The molecule has 0 spiro atoms. The van der Waals surface area contributed by atoms with Crippen LogP contribution in [0.3, 0.4) is 0 Å². The number of fused-ring (bicyclic) bond motifs is 11. The van der Waals surface area contributed by atoms with Gasteiger partial charge in [0.2, 0.25) is 5.95 Å². The molecule has 1 unspecified atom stereocenters. The SMILES string of the molecule is CC1(C)c2ccccc2-c2c(N3c4ccc(-c5ccc6c(c5)c5ccccc5n6-c5nc(-c6ccccc6)c6ccccc6n5)cc4C4Nc5ccccc5-c5cccc3c54)cccc21. The van der Waals surface area contributed by atoms with Gasteiger partial charge in [-0.15, -0.1) is 0 Å². The molecule has 2 aromatic heterocycles. The maximum Gasteiger partial charge on any atom is 0.235 e.